The highest BCUT2D eigenvalue weighted by Crippen LogP contribution is 2.34. The predicted molar refractivity (Wildman–Crippen MR) is 76.1 cm³/mol. The van der Waals surface area contributed by atoms with Gasteiger partial charge < -0.3 is 0 Å². The minimum absolute atomic E-state index is 0.0592. The maximum absolute atomic E-state index is 14.2. The molecular weight excluding hydrogens is 242 g/mol. The van der Waals surface area contributed by atoms with Gasteiger partial charge in [-0.2, -0.15) is 0 Å². The molecule has 0 heterocycles. The van der Waals surface area contributed by atoms with Crippen LogP contribution in [0.25, 0.3) is 5.57 Å². The lowest BCUT2D eigenvalue weighted by atomic mass is 9.86. The van der Waals surface area contributed by atoms with Gasteiger partial charge in [-0.05, 0) is 48.7 Å². The molecule has 0 spiro atoms. The van der Waals surface area contributed by atoms with E-state index in [9.17, 15) is 8.78 Å². The minimum atomic E-state index is -0.668. The smallest absolute Gasteiger partial charge is 0.166 e. The van der Waals surface area contributed by atoms with Crippen LogP contribution in [0.3, 0.4) is 0 Å². The SMILES string of the molecule is CCC(C)c1ccc(C2=CCC(C)CC2)c(F)c1F. The molecule has 2 rings (SSSR count). The second-order valence-corrected chi connectivity index (χ2v) is 5.75. The van der Waals surface area contributed by atoms with Crippen molar-refractivity contribution in [3.63, 3.8) is 0 Å². The molecule has 0 amide bonds. The molecule has 0 nitrogen and oxygen atoms in total. The molecule has 0 saturated carbocycles. The van der Waals surface area contributed by atoms with Gasteiger partial charge in [-0.1, -0.05) is 39.0 Å². The van der Waals surface area contributed by atoms with Crippen molar-refractivity contribution in [2.45, 2.75) is 52.4 Å². The van der Waals surface area contributed by atoms with Crippen molar-refractivity contribution in [3.8, 4) is 0 Å². The summed E-state index contributed by atoms with van der Waals surface area (Å²) in [5.41, 5.74) is 1.91. The lowest BCUT2D eigenvalue weighted by Gasteiger charge is -2.20. The Morgan fingerprint density at radius 1 is 1.26 bits per heavy atom. The Morgan fingerprint density at radius 2 is 2.00 bits per heavy atom. The van der Waals surface area contributed by atoms with Gasteiger partial charge in [0, 0.05) is 5.56 Å². The van der Waals surface area contributed by atoms with E-state index in [-0.39, 0.29) is 5.92 Å². The molecule has 0 aromatic heterocycles. The fourth-order valence-corrected chi connectivity index (χ4v) is 2.62. The Balaban J connectivity index is 2.36. The van der Waals surface area contributed by atoms with Crippen LogP contribution in [-0.4, -0.2) is 0 Å². The first kappa shape index (κ1) is 14.2. The van der Waals surface area contributed by atoms with Crippen molar-refractivity contribution in [3.05, 3.63) is 41.0 Å². The Bertz CT molecular complexity index is 488. The third-order valence-electron chi connectivity index (χ3n) is 4.27. The normalized spacial score (nSPS) is 21.1. The zero-order valence-corrected chi connectivity index (χ0v) is 12.0. The summed E-state index contributed by atoms with van der Waals surface area (Å²) in [5.74, 6) is -0.620. The summed E-state index contributed by atoms with van der Waals surface area (Å²) in [6, 6.07) is 3.50. The third-order valence-corrected chi connectivity index (χ3v) is 4.27. The van der Waals surface area contributed by atoms with E-state index < -0.39 is 11.6 Å². The number of rotatable bonds is 3. The van der Waals surface area contributed by atoms with Crippen molar-refractivity contribution in [2.24, 2.45) is 5.92 Å². The van der Waals surface area contributed by atoms with Gasteiger partial charge in [-0.3, -0.25) is 0 Å². The number of benzene rings is 1. The summed E-state index contributed by atoms with van der Waals surface area (Å²) >= 11 is 0. The number of allylic oxidation sites excluding steroid dienone is 2. The summed E-state index contributed by atoms with van der Waals surface area (Å²) in [7, 11) is 0. The van der Waals surface area contributed by atoms with Crippen LogP contribution in [0.2, 0.25) is 0 Å². The Hall–Kier alpha value is -1.18. The van der Waals surface area contributed by atoms with Crippen molar-refractivity contribution >= 4 is 5.57 Å². The largest absolute Gasteiger partial charge is 0.203 e. The molecule has 1 aliphatic rings. The summed E-state index contributed by atoms with van der Waals surface area (Å²) in [6.45, 7) is 6.11. The van der Waals surface area contributed by atoms with Gasteiger partial charge in [0.15, 0.2) is 11.6 Å². The lowest BCUT2D eigenvalue weighted by molar-refractivity contribution is 0.484. The highest BCUT2D eigenvalue weighted by atomic mass is 19.2. The molecule has 0 N–H and O–H groups in total. The lowest BCUT2D eigenvalue weighted by Crippen LogP contribution is -2.06. The summed E-state index contributed by atoms with van der Waals surface area (Å²) in [4.78, 5) is 0. The number of hydrogen-bond donors (Lipinski definition) is 0. The zero-order chi connectivity index (χ0) is 14.0. The standard InChI is InChI=1S/C17H22F2/c1-4-12(3)14-9-10-15(17(19)16(14)18)13-7-5-11(2)6-8-13/h7,9-12H,4-6,8H2,1-3H3. The van der Waals surface area contributed by atoms with Crippen LogP contribution in [-0.2, 0) is 0 Å². The molecule has 0 fully saturated rings. The van der Waals surface area contributed by atoms with Gasteiger partial charge in [-0.15, -0.1) is 0 Å². The highest BCUT2D eigenvalue weighted by Gasteiger charge is 2.20. The molecule has 104 valence electrons. The summed E-state index contributed by atoms with van der Waals surface area (Å²) < 4.78 is 28.4. The van der Waals surface area contributed by atoms with Crippen molar-refractivity contribution in [1.29, 1.82) is 0 Å². The van der Waals surface area contributed by atoms with Gasteiger partial charge in [-0.25, -0.2) is 8.78 Å². The van der Waals surface area contributed by atoms with Crippen LogP contribution in [0.5, 0.6) is 0 Å². The fourth-order valence-electron chi connectivity index (χ4n) is 2.62. The molecule has 2 heteroatoms. The van der Waals surface area contributed by atoms with E-state index in [4.69, 9.17) is 0 Å². The first-order chi connectivity index (χ1) is 9.04. The molecule has 1 aromatic carbocycles. The average molecular weight is 264 g/mol. The van der Waals surface area contributed by atoms with Gasteiger partial charge in [0.25, 0.3) is 0 Å². The van der Waals surface area contributed by atoms with Crippen LogP contribution in [0.1, 0.15) is 63.5 Å². The molecule has 1 aliphatic carbocycles. The minimum Gasteiger partial charge on any atom is -0.203 e. The van der Waals surface area contributed by atoms with Crippen LogP contribution < -0.4 is 0 Å². The van der Waals surface area contributed by atoms with Crippen molar-refractivity contribution < 1.29 is 8.78 Å². The number of hydrogen-bond acceptors (Lipinski definition) is 0. The van der Waals surface area contributed by atoms with Crippen LogP contribution in [0.4, 0.5) is 8.78 Å². The van der Waals surface area contributed by atoms with E-state index in [1.807, 2.05) is 13.8 Å². The summed E-state index contributed by atoms with van der Waals surface area (Å²) in [6.07, 6.45) is 5.74. The van der Waals surface area contributed by atoms with Crippen LogP contribution >= 0.6 is 0 Å². The molecule has 2 atom stereocenters. The molecule has 1 aromatic rings. The van der Waals surface area contributed by atoms with E-state index in [0.29, 0.717) is 17.0 Å². The average Bonchev–Trinajstić information content (AvgIpc) is 2.42. The predicted octanol–water partition coefficient (Wildman–Crippen LogP) is 5.68. The Labute approximate surface area is 114 Å². The molecule has 0 bridgehead atoms. The monoisotopic (exact) mass is 264 g/mol. The molecule has 0 aliphatic heterocycles. The van der Waals surface area contributed by atoms with Gasteiger partial charge in [0.1, 0.15) is 0 Å². The number of halogens is 2. The van der Waals surface area contributed by atoms with E-state index >= 15 is 0 Å². The quantitative estimate of drug-likeness (QED) is 0.658. The van der Waals surface area contributed by atoms with Gasteiger partial charge in [0.2, 0.25) is 0 Å². The topological polar surface area (TPSA) is 0 Å². The van der Waals surface area contributed by atoms with E-state index in [1.54, 1.807) is 12.1 Å². The zero-order valence-electron chi connectivity index (χ0n) is 12.0. The van der Waals surface area contributed by atoms with Gasteiger partial charge in [0.05, 0.1) is 0 Å². The fraction of sp³-hybridized carbons (Fsp3) is 0.529. The molecule has 2 unspecified atom stereocenters. The first-order valence-corrected chi connectivity index (χ1v) is 7.21. The maximum atomic E-state index is 14.2. The highest BCUT2D eigenvalue weighted by molar-refractivity contribution is 5.67. The molecular formula is C17H22F2. The first-order valence-electron chi connectivity index (χ1n) is 7.21. The van der Waals surface area contributed by atoms with Crippen LogP contribution in [0, 0.1) is 17.6 Å². The third kappa shape index (κ3) is 2.88. The molecule has 0 radical (unpaired) electrons. The van der Waals surface area contributed by atoms with Crippen molar-refractivity contribution in [1.82, 2.24) is 0 Å². The van der Waals surface area contributed by atoms with E-state index in [2.05, 4.69) is 13.0 Å². The van der Waals surface area contributed by atoms with E-state index in [1.165, 1.54) is 0 Å². The Morgan fingerprint density at radius 3 is 2.58 bits per heavy atom. The van der Waals surface area contributed by atoms with Crippen molar-refractivity contribution in [2.75, 3.05) is 0 Å². The van der Waals surface area contributed by atoms with E-state index in [0.717, 1.165) is 31.3 Å². The molecule has 19 heavy (non-hydrogen) atoms. The second kappa shape index (κ2) is 5.85. The summed E-state index contributed by atoms with van der Waals surface area (Å²) in [5, 5.41) is 0. The Kier molecular flexibility index (Phi) is 4.38. The van der Waals surface area contributed by atoms with Gasteiger partial charge >= 0.3 is 0 Å². The molecule has 0 saturated heterocycles. The maximum Gasteiger partial charge on any atom is 0.166 e. The second-order valence-electron chi connectivity index (χ2n) is 5.75. The van der Waals surface area contributed by atoms with Crippen LogP contribution in [0.15, 0.2) is 18.2 Å².